The van der Waals surface area contributed by atoms with Gasteiger partial charge < -0.3 is 15.2 Å². The standard InChI is InChI=1S/C12H17F2NO2/c1-16-5-2-6-17-8-12(15)9-3-4-10(13)11(14)7-9/h3-4,7,12H,2,5-6,8,15H2,1H3. The van der Waals surface area contributed by atoms with Gasteiger partial charge in [-0.05, 0) is 24.1 Å². The summed E-state index contributed by atoms with van der Waals surface area (Å²) in [6.07, 6.45) is 0.779. The van der Waals surface area contributed by atoms with Crippen LogP contribution in [0.25, 0.3) is 0 Å². The van der Waals surface area contributed by atoms with E-state index in [9.17, 15) is 8.78 Å². The molecule has 0 spiro atoms. The fraction of sp³-hybridized carbons (Fsp3) is 0.500. The molecule has 0 radical (unpaired) electrons. The lowest BCUT2D eigenvalue weighted by molar-refractivity contribution is 0.0939. The van der Waals surface area contributed by atoms with Crippen LogP contribution < -0.4 is 5.73 Å². The Balaban J connectivity index is 2.36. The number of hydrogen-bond acceptors (Lipinski definition) is 3. The van der Waals surface area contributed by atoms with Gasteiger partial charge in [-0.2, -0.15) is 0 Å². The number of nitrogens with two attached hydrogens (primary N) is 1. The van der Waals surface area contributed by atoms with E-state index in [2.05, 4.69) is 0 Å². The molecule has 2 N–H and O–H groups in total. The molecule has 0 aliphatic heterocycles. The largest absolute Gasteiger partial charge is 0.385 e. The van der Waals surface area contributed by atoms with Crippen molar-refractivity contribution in [3.63, 3.8) is 0 Å². The molecule has 0 saturated carbocycles. The van der Waals surface area contributed by atoms with Gasteiger partial charge >= 0.3 is 0 Å². The maximum atomic E-state index is 12.9. The van der Waals surface area contributed by atoms with Crippen molar-refractivity contribution in [2.24, 2.45) is 5.73 Å². The summed E-state index contributed by atoms with van der Waals surface area (Å²) in [6.45, 7) is 1.43. The molecular weight excluding hydrogens is 228 g/mol. The summed E-state index contributed by atoms with van der Waals surface area (Å²) in [5.74, 6) is -1.76. The number of benzene rings is 1. The fourth-order valence-electron chi connectivity index (χ4n) is 1.35. The van der Waals surface area contributed by atoms with Gasteiger partial charge in [0.25, 0.3) is 0 Å². The van der Waals surface area contributed by atoms with Crippen molar-refractivity contribution in [2.45, 2.75) is 12.5 Å². The van der Waals surface area contributed by atoms with Crippen molar-refractivity contribution in [3.05, 3.63) is 35.4 Å². The second-order valence-electron chi connectivity index (χ2n) is 3.70. The Labute approximate surface area is 99.5 Å². The topological polar surface area (TPSA) is 44.5 Å². The van der Waals surface area contributed by atoms with Gasteiger partial charge in [0.05, 0.1) is 12.6 Å². The van der Waals surface area contributed by atoms with E-state index in [1.54, 1.807) is 7.11 Å². The first-order valence-electron chi connectivity index (χ1n) is 5.42. The molecule has 3 nitrogen and oxygen atoms in total. The van der Waals surface area contributed by atoms with Crippen LogP contribution in [0.15, 0.2) is 18.2 Å². The lowest BCUT2D eigenvalue weighted by Crippen LogP contribution is -2.18. The van der Waals surface area contributed by atoms with E-state index >= 15 is 0 Å². The van der Waals surface area contributed by atoms with Gasteiger partial charge in [-0.15, -0.1) is 0 Å². The predicted octanol–water partition coefficient (Wildman–Crippen LogP) is 2.02. The van der Waals surface area contributed by atoms with Crippen molar-refractivity contribution in [1.29, 1.82) is 0 Å². The first-order chi connectivity index (χ1) is 8.15. The second-order valence-corrected chi connectivity index (χ2v) is 3.70. The molecule has 0 heterocycles. The average Bonchev–Trinajstić information content (AvgIpc) is 2.32. The molecule has 1 unspecified atom stereocenters. The maximum Gasteiger partial charge on any atom is 0.159 e. The molecule has 0 aliphatic rings. The van der Waals surface area contributed by atoms with Gasteiger partial charge in [0.2, 0.25) is 0 Å². The molecule has 1 atom stereocenters. The molecule has 17 heavy (non-hydrogen) atoms. The molecule has 1 aromatic carbocycles. The van der Waals surface area contributed by atoms with E-state index in [0.29, 0.717) is 18.8 Å². The quantitative estimate of drug-likeness (QED) is 0.747. The van der Waals surface area contributed by atoms with Gasteiger partial charge in [-0.25, -0.2) is 8.78 Å². The number of hydrogen-bond donors (Lipinski definition) is 1. The Morgan fingerprint density at radius 1 is 1.24 bits per heavy atom. The summed E-state index contributed by atoms with van der Waals surface area (Å²) < 4.78 is 35.8. The summed E-state index contributed by atoms with van der Waals surface area (Å²) in [5.41, 5.74) is 6.31. The normalized spacial score (nSPS) is 12.7. The zero-order chi connectivity index (χ0) is 12.7. The Morgan fingerprint density at radius 3 is 2.65 bits per heavy atom. The van der Waals surface area contributed by atoms with E-state index in [-0.39, 0.29) is 6.61 Å². The summed E-state index contributed by atoms with van der Waals surface area (Å²) in [4.78, 5) is 0. The average molecular weight is 245 g/mol. The number of rotatable bonds is 7. The SMILES string of the molecule is COCCCOCC(N)c1ccc(F)c(F)c1. The lowest BCUT2D eigenvalue weighted by atomic mass is 10.1. The molecule has 0 aliphatic carbocycles. The first kappa shape index (κ1) is 14.0. The third-order valence-corrected chi connectivity index (χ3v) is 2.31. The fourth-order valence-corrected chi connectivity index (χ4v) is 1.35. The number of halogens is 2. The third-order valence-electron chi connectivity index (χ3n) is 2.31. The Bertz CT molecular complexity index is 347. The molecule has 96 valence electrons. The van der Waals surface area contributed by atoms with Gasteiger partial charge in [0.1, 0.15) is 0 Å². The Morgan fingerprint density at radius 2 is 2.00 bits per heavy atom. The Kier molecular flexibility index (Phi) is 6.04. The number of ether oxygens (including phenoxy) is 2. The van der Waals surface area contributed by atoms with Crippen LogP contribution in [0, 0.1) is 11.6 Å². The smallest absolute Gasteiger partial charge is 0.159 e. The molecule has 0 fully saturated rings. The molecule has 0 aromatic heterocycles. The van der Waals surface area contributed by atoms with Crippen LogP contribution in [-0.4, -0.2) is 26.9 Å². The van der Waals surface area contributed by atoms with E-state index < -0.39 is 17.7 Å². The summed E-state index contributed by atoms with van der Waals surface area (Å²) >= 11 is 0. The third kappa shape index (κ3) is 4.77. The van der Waals surface area contributed by atoms with Crippen molar-refractivity contribution in [3.8, 4) is 0 Å². The zero-order valence-corrected chi connectivity index (χ0v) is 9.79. The maximum absolute atomic E-state index is 12.9. The molecule has 0 bridgehead atoms. The van der Waals surface area contributed by atoms with Gasteiger partial charge in [0, 0.05) is 20.3 Å². The highest BCUT2D eigenvalue weighted by atomic mass is 19.2. The van der Waals surface area contributed by atoms with Crippen LogP contribution in [-0.2, 0) is 9.47 Å². The van der Waals surface area contributed by atoms with Gasteiger partial charge in [-0.1, -0.05) is 6.07 Å². The minimum atomic E-state index is -0.891. The summed E-state index contributed by atoms with van der Waals surface area (Å²) in [7, 11) is 1.62. The van der Waals surface area contributed by atoms with Crippen molar-refractivity contribution in [2.75, 3.05) is 26.9 Å². The van der Waals surface area contributed by atoms with E-state index in [1.165, 1.54) is 6.07 Å². The highest BCUT2D eigenvalue weighted by Gasteiger charge is 2.09. The number of methoxy groups -OCH3 is 1. The van der Waals surface area contributed by atoms with Crippen molar-refractivity contribution >= 4 is 0 Å². The predicted molar refractivity (Wildman–Crippen MR) is 60.6 cm³/mol. The monoisotopic (exact) mass is 245 g/mol. The molecule has 1 rings (SSSR count). The highest BCUT2D eigenvalue weighted by Crippen LogP contribution is 2.14. The van der Waals surface area contributed by atoms with E-state index in [1.807, 2.05) is 0 Å². The van der Waals surface area contributed by atoms with Crippen LogP contribution in [0.4, 0.5) is 8.78 Å². The van der Waals surface area contributed by atoms with Crippen LogP contribution in [0.1, 0.15) is 18.0 Å². The van der Waals surface area contributed by atoms with Gasteiger partial charge in [-0.3, -0.25) is 0 Å². The molecule has 0 amide bonds. The molecule has 1 aromatic rings. The highest BCUT2D eigenvalue weighted by molar-refractivity contribution is 5.20. The molecule has 5 heteroatoms. The second kappa shape index (κ2) is 7.32. The Hall–Kier alpha value is -1.04. The summed E-state index contributed by atoms with van der Waals surface area (Å²) in [6, 6.07) is 3.17. The van der Waals surface area contributed by atoms with E-state index in [0.717, 1.165) is 18.6 Å². The molecule has 0 saturated heterocycles. The minimum Gasteiger partial charge on any atom is -0.385 e. The van der Waals surface area contributed by atoms with Crippen LogP contribution >= 0.6 is 0 Å². The van der Waals surface area contributed by atoms with Crippen LogP contribution in [0.2, 0.25) is 0 Å². The zero-order valence-electron chi connectivity index (χ0n) is 9.79. The van der Waals surface area contributed by atoms with Crippen LogP contribution in [0.5, 0.6) is 0 Å². The lowest BCUT2D eigenvalue weighted by Gasteiger charge is -2.12. The van der Waals surface area contributed by atoms with Crippen molar-refractivity contribution in [1.82, 2.24) is 0 Å². The first-order valence-corrected chi connectivity index (χ1v) is 5.42. The van der Waals surface area contributed by atoms with Gasteiger partial charge in [0.15, 0.2) is 11.6 Å². The molecular formula is C12H17F2NO2. The minimum absolute atomic E-state index is 0.273. The van der Waals surface area contributed by atoms with E-state index in [4.69, 9.17) is 15.2 Å². The van der Waals surface area contributed by atoms with Crippen molar-refractivity contribution < 1.29 is 18.3 Å². The van der Waals surface area contributed by atoms with Crippen LogP contribution in [0.3, 0.4) is 0 Å². The summed E-state index contributed by atoms with van der Waals surface area (Å²) in [5, 5.41) is 0.